The van der Waals surface area contributed by atoms with Gasteiger partial charge in [-0.15, -0.1) is 0 Å². The van der Waals surface area contributed by atoms with E-state index in [1.165, 1.54) is 6.26 Å². The Hall–Kier alpha value is -0.580. The lowest BCUT2D eigenvalue weighted by atomic mass is 9.49. The molecule has 0 spiro atoms. The van der Waals surface area contributed by atoms with Gasteiger partial charge < -0.3 is 5.11 Å². The second-order valence-corrected chi connectivity index (χ2v) is 8.91. The van der Waals surface area contributed by atoms with Gasteiger partial charge in [-0.25, -0.2) is 8.42 Å². The molecule has 0 aliphatic heterocycles. The number of carbonyl (C=O) groups is 1. The smallest absolute Gasteiger partial charge is 0.309 e. The molecule has 4 fully saturated rings. The van der Waals surface area contributed by atoms with Crippen LogP contribution in [0.1, 0.15) is 38.5 Å². The highest BCUT2D eigenvalue weighted by atomic mass is 32.2. The van der Waals surface area contributed by atoms with Crippen LogP contribution in [0.15, 0.2) is 0 Å². The minimum Gasteiger partial charge on any atom is -0.481 e. The monoisotopic (exact) mass is 258 g/mol. The molecule has 4 rings (SSSR count). The van der Waals surface area contributed by atoms with Crippen molar-refractivity contribution < 1.29 is 18.3 Å². The molecular weight excluding hydrogens is 240 g/mol. The molecule has 0 aromatic rings. The number of aliphatic carboxylic acids is 1. The number of hydrogen-bond acceptors (Lipinski definition) is 3. The van der Waals surface area contributed by atoms with Crippen LogP contribution in [0.3, 0.4) is 0 Å². The molecule has 4 bridgehead atoms. The highest BCUT2D eigenvalue weighted by Crippen LogP contribution is 2.63. The lowest BCUT2D eigenvalue weighted by Crippen LogP contribution is -2.60. The zero-order chi connectivity index (χ0) is 12.5. The standard InChI is InChI=1S/C12H18O4S/c1-17(15,16)12-5-8-2-9(6-12)4-11(3-8,7-12)10(13)14/h8-9H,2-7H2,1H3,(H,13,14). The van der Waals surface area contributed by atoms with Crippen molar-refractivity contribution in [1.82, 2.24) is 0 Å². The van der Waals surface area contributed by atoms with E-state index in [2.05, 4.69) is 0 Å². The molecule has 1 N–H and O–H groups in total. The van der Waals surface area contributed by atoms with Gasteiger partial charge in [0.05, 0.1) is 10.2 Å². The van der Waals surface area contributed by atoms with E-state index in [1.807, 2.05) is 0 Å². The van der Waals surface area contributed by atoms with Crippen molar-refractivity contribution in [3.05, 3.63) is 0 Å². The second kappa shape index (κ2) is 3.05. The van der Waals surface area contributed by atoms with Crippen molar-refractivity contribution in [3.63, 3.8) is 0 Å². The van der Waals surface area contributed by atoms with Gasteiger partial charge >= 0.3 is 5.97 Å². The fourth-order valence-electron chi connectivity index (χ4n) is 4.86. The summed E-state index contributed by atoms with van der Waals surface area (Å²) in [5.74, 6) is -0.163. The van der Waals surface area contributed by atoms with Crippen molar-refractivity contribution >= 4 is 15.8 Å². The summed E-state index contributed by atoms with van der Waals surface area (Å²) in [6.07, 6.45) is 5.43. The Labute approximate surface area is 101 Å². The van der Waals surface area contributed by atoms with E-state index in [-0.39, 0.29) is 0 Å². The molecule has 4 nitrogen and oxygen atoms in total. The van der Waals surface area contributed by atoms with Gasteiger partial charge in [0.1, 0.15) is 0 Å². The van der Waals surface area contributed by atoms with E-state index in [4.69, 9.17) is 0 Å². The van der Waals surface area contributed by atoms with Crippen LogP contribution >= 0.6 is 0 Å². The molecule has 2 atom stereocenters. The molecule has 96 valence electrons. The van der Waals surface area contributed by atoms with Crippen LogP contribution in [0.5, 0.6) is 0 Å². The number of sulfone groups is 1. The summed E-state index contributed by atoms with van der Waals surface area (Å²) >= 11 is 0. The topological polar surface area (TPSA) is 71.4 Å². The van der Waals surface area contributed by atoms with Crippen LogP contribution in [0, 0.1) is 17.3 Å². The first-order valence-corrected chi connectivity index (χ1v) is 8.09. The Morgan fingerprint density at radius 2 is 1.71 bits per heavy atom. The Balaban J connectivity index is 2.09. The molecule has 0 aromatic heterocycles. The zero-order valence-electron chi connectivity index (χ0n) is 9.98. The summed E-state index contributed by atoms with van der Waals surface area (Å²) in [6, 6.07) is 0. The van der Waals surface area contributed by atoms with Crippen molar-refractivity contribution in [2.45, 2.75) is 43.3 Å². The van der Waals surface area contributed by atoms with Gasteiger partial charge in [0.15, 0.2) is 9.84 Å². The van der Waals surface area contributed by atoms with Crippen molar-refractivity contribution in [2.75, 3.05) is 6.26 Å². The van der Waals surface area contributed by atoms with Crippen LogP contribution in [-0.2, 0) is 14.6 Å². The first-order chi connectivity index (χ1) is 7.76. The predicted molar refractivity (Wildman–Crippen MR) is 62.3 cm³/mol. The molecule has 4 aliphatic rings. The lowest BCUT2D eigenvalue weighted by Gasteiger charge is -2.59. The van der Waals surface area contributed by atoms with E-state index in [9.17, 15) is 18.3 Å². The predicted octanol–water partition coefficient (Wildman–Crippen LogP) is 1.45. The molecular formula is C12H18O4S. The number of rotatable bonds is 2. The summed E-state index contributed by atoms with van der Waals surface area (Å²) in [7, 11) is -3.16. The molecule has 2 unspecified atom stereocenters. The Morgan fingerprint density at radius 1 is 1.18 bits per heavy atom. The second-order valence-electron chi connectivity index (χ2n) is 6.50. The largest absolute Gasteiger partial charge is 0.481 e. The van der Waals surface area contributed by atoms with E-state index < -0.39 is 26.0 Å². The molecule has 4 aliphatic carbocycles. The van der Waals surface area contributed by atoms with Gasteiger partial charge in [-0.05, 0) is 50.4 Å². The van der Waals surface area contributed by atoms with E-state index in [0.717, 1.165) is 6.42 Å². The molecule has 0 saturated heterocycles. The molecule has 5 heteroatoms. The molecule has 17 heavy (non-hydrogen) atoms. The zero-order valence-corrected chi connectivity index (χ0v) is 10.8. The molecule has 0 amide bonds. The minimum absolute atomic E-state index is 0.307. The van der Waals surface area contributed by atoms with Gasteiger partial charge in [0.25, 0.3) is 0 Å². The van der Waals surface area contributed by atoms with Gasteiger partial charge in [0.2, 0.25) is 0 Å². The maximum absolute atomic E-state index is 12.1. The Kier molecular flexibility index (Phi) is 2.06. The minimum atomic E-state index is -3.16. The van der Waals surface area contributed by atoms with Crippen LogP contribution in [0.4, 0.5) is 0 Å². The highest BCUT2D eigenvalue weighted by molar-refractivity contribution is 7.92. The number of hydrogen-bond donors (Lipinski definition) is 1. The third-order valence-electron chi connectivity index (χ3n) is 5.25. The van der Waals surface area contributed by atoms with E-state index >= 15 is 0 Å². The maximum atomic E-state index is 12.1. The summed E-state index contributed by atoms with van der Waals surface area (Å²) in [6.45, 7) is 0. The van der Waals surface area contributed by atoms with Crippen LogP contribution in [0.25, 0.3) is 0 Å². The van der Waals surface area contributed by atoms with E-state index in [1.54, 1.807) is 0 Å². The Bertz CT molecular complexity index is 465. The third-order valence-corrected chi connectivity index (χ3v) is 7.30. The molecule has 0 heterocycles. The highest BCUT2D eigenvalue weighted by Gasteiger charge is 2.64. The van der Waals surface area contributed by atoms with Gasteiger partial charge in [-0.2, -0.15) is 0 Å². The van der Waals surface area contributed by atoms with Crippen LogP contribution in [-0.4, -0.2) is 30.5 Å². The van der Waals surface area contributed by atoms with Gasteiger partial charge in [-0.1, -0.05) is 0 Å². The van der Waals surface area contributed by atoms with Crippen molar-refractivity contribution in [3.8, 4) is 0 Å². The third kappa shape index (κ3) is 1.41. The molecule has 0 radical (unpaired) electrons. The fourth-order valence-corrected chi connectivity index (χ4v) is 6.48. The number of carboxylic acids is 1. The van der Waals surface area contributed by atoms with E-state index in [0.29, 0.717) is 43.9 Å². The summed E-state index contributed by atoms with van der Waals surface area (Å²) in [5, 5.41) is 9.46. The van der Waals surface area contributed by atoms with Crippen LogP contribution < -0.4 is 0 Å². The quantitative estimate of drug-likeness (QED) is 0.814. The van der Waals surface area contributed by atoms with Gasteiger partial charge in [0, 0.05) is 6.26 Å². The first-order valence-electron chi connectivity index (χ1n) is 6.19. The van der Waals surface area contributed by atoms with Gasteiger partial charge in [-0.3, -0.25) is 4.79 Å². The molecule has 0 aromatic carbocycles. The average molecular weight is 258 g/mol. The maximum Gasteiger partial charge on any atom is 0.309 e. The summed E-state index contributed by atoms with van der Waals surface area (Å²) in [4.78, 5) is 11.5. The Morgan fingerprint density at radius 3 is 2.12 bits per heavy atom. The van der Waals surface area contributed by atoms with Crippen molar-refractivity contribution in [1.29, 1.82) is 0 Å². The normalized spacial score (nSPS) is 48.3. The molecule has 4 saturated carbocycles. The SMILES string of the molecule is CS(=O)(=O)C12CC3CC(CC(C(=O)O)(C3)C1)C2. The first kappa shape index (κ1) is 11.5. The number of carboxylic acid groups (broad SMARTS) is 1. The van der Waals surface area contributed by atoms with Crippen molar-refractivity contribution in [2.24, 2.45) is 17.3 Å². The summed E-state index contributed by atoms with van der Waals surface area (Å²) in [5.41, 5.74) is -0.743. The lowest BCUT2D eigenvalue weighted by molar-refractivity contribution is -0.162. The average Bonchev–Trinajstić information content (AvgIpc) is 2.13. The summed E-state index contributed by atoms with van der Waals surface area (Å²) < 4.78 is 23.4. The van der Waals surface area contributed by atoms with Crippen LogP contribution in [0.2, 0.25) is 0 Å². The fraction of sp³-hybridized carbons (Fsp3) is 0.917.